The van der Waals surface area contributed by atoms with Gasteiger partial charge in [0, 0.05) is 11.3 Å². The number of hydrogen-bond acceptors (Lipinski definition) is 3. The highest BCUT2D eigenvalue weighted by Crippen LogP contribution is 2.42. The molecule has 0 spiro atoms. The Kier molecular flexibility index (Phi) is 1.59. The first kappa shape index (κ1) is 8.47. The van der Waals surface area contributed by atoms with Crippen molar-refractivity contribution < 1.29 is 14.4 Å². The van der Waals surface area contributed by atoms with E-state index in [0.29, 0.717) is 11.5 Å². The lowest BCUT2D eigenvalue weighted by atomic mass is 10.1. The van der Waals surface area contributed by atoms with Gasteiger partial charge in [-0.25, -0.2) is 4.79 Å². The molecule has 1 saturated carbocycles. The SMILES string of the molecule is O=C(O)c1cccc2c(C3CC3)noc12. The second-order valence-corrected chi connectivity index (χ2v) is 3.83. The molecule has 4 nitrogen and oxygen atoms in total. The molecule has 0 aliphatic heterocycles. The molecule has 0 saturated heterocycles. The van der Waals surface area contributed by atoms with Crippen LogP contribution in [0.15, 0.2) is 22.7 Å². The van der Waals surface area contributed by atoms with Crippen LogP contribution < -0.4 is 0 Å². The van der Waals surface area contributed by atoms with E-state index in [-0.39, 0.29) is 5.56 Å². The fourth-order valence-corrected chi connectivity index (χ4v) is 1.80. The molecule has 0 unspecified atom stereocenters. The van der Waals surface area contributed by atoms with E-state index in [1.54, 1.807) is 6.07 Å². The molecular formula is C11H9NO3. The summed E-state index contributed by atoms with van der Waals surface area (Å²) in [5.41, 5.74) is 1.49. The Morgan fingerprint density at radius 2 is 2.27 bits per heavy atom. The van der Waals surface area contributed by atoms with Crippen molar-refractivity contribution >= 4 is 16.9 Å². The molecule has 0 atom stereocenters. The zero-order valence-electron chi connectivity index (χ0n) is 7.93. The zero-order valence-corrected chi connectivity index (χ0v) is 7.93. The Hall–Kier alpha value is -1.84. The van der Waals surface area contributed by atoms with Gasteiger partial charge in [0.05, 0.1) is 5.69 Å². The van der Waals surface area contributed by atoms with Crippen LogP contribution in [0.4, 0.5) is 0 Å². The van der Waals surface area contributed by atoms with Crippen molar-refractivity contribution in [2.75, 3.05) is 0 Å². The number of fused-ring (bicyclic) bond motifs is 1. The minimum atomic E-state index is -0.973. The average molecular weight is 203 g/mol. The Balaban J connectivity index is 2.27. The molecule has 1 aromatic carbocycles. The van der Waals surface area contributed by atoms with E-state index in [0.717, 1.165) is 23.9 Å². The third kappa shape index (κ3) is 1.21. The Bertz CT molecular complexity index is 540. The summed E-state index contributed by atoms with van der Waals surface area (Å²) >= 11 is 0. The van der Waals surface area contributed by atoms with Crippen LogP contribution in [0, 0.1) is 0 Å². The lowest BCUT2D eigenvalue weighted by Gasteiger charge is -1.94. The highest BCUT2D eigenvalue weighted by molar-refractivity contribution is 6.01. The molecule has 1 heterocycles. The highest BCUT2D eigenvalue weighted by Gasteiger charge is 2.29. The fourth-order valence-electron chi connectivity index (χ4n) is 1.80. The Labute approximate surface area is 85.5 Å². The summed E-state index contributed by atoms with van der Waals surface area (Å²) < 4.78 is 5.11. The second kappa shape index (κ2) is 2.82. The van der Waals surface area contributed by atoms with Crippen LogP contribution in [0.25, 0.3) is 11.0 Å². The van der Waals surface area contributed by atoms with Crippen LogP contribution in [0.3, 0.4) is 0 Å². The van der Waals surface area contributed by atoms with E-state index in [9.17, 15) is 4.79 Å². The molecule has 1 fully saturated rings. The van der Waals surface area contributed by atoms with Crippen LogP contribution in [0.1, 0.15) is 34.8 Å². The maximum Gasteiger partial charge on any atom is 0.339 e. The summed E-state index contributed by atoms with van der Waals surface area (Å²) in [6, 6.07) is 5.13. The minimum absolute atomic E-state index is 0.187. The topological polar surface area (TPSA) is 63.3 Å². The lowest BCUT2D eigenvalue weighted by Crippen LogP contribution is -1.95. The third-order valence-electron chi connectivity index (χ3n) is 2.72. The molecule has 0 bridgehead atoms. The summed E-state index contributed by atoms with van der Waals surface area (Å²) in [7, 11) is 0. The molecule has 1 aliphatic rings. The number of benzene rings is 1. The van der Waals surface area contributed by atoms with Crippen LogP contribution in [0.5, 0.6) is 0 Å². The van der Waals surface area contributed by atoms with Gasteiger partial charge in [-0.05, 0) is 25.0 Å². The van der Waals surface area contributed by atoms with Gasteiger partial charge in [-0.3, -0.25) is 0 Å². The molecule has 15 heavy (non-hydrogen) atoms. The van der Waals surface area contributed by atoms with Gasteiger partial charge in [0.1, 0.15) is 5.56 Å². The van der Waals surface area contributed by atoms with E-state index in [4.69, 9.17) is 9.63 Å². The number of carboxylic acids is 1. The van der Waals surface area contributed by atoms with E-state index in [2.05, 4.69) is 5.16 Å². The van der Waals surface area contributed by atoms with Crippen molar-refractivity contribution in [2.45, 2.75) is 18.8 Å². The third-order valence-corrected chi connectivity index (χ3v) is 2.72. The summed E-state index contributed by atoms with van der Waals surface area (Å²) in [6.45, 7) is 0. The molecule has 3 rings (SSSR count). The maximum absolute atomic E-state index is 10.9. The molecule has 1 aromatic heterocycles. The minimum Gasteiger partial charge on any atom is -0.478 e. The number of rotatable bonds is 2. The van der Waals surface area contributed by atoms with Gasteiger partial charge in [-0.15, -0.1) is 0 Å². The molecule has 0 radical (unpaired) electrons. The molecule has 1 N–H and O–H groups in total. The first-order valence-electron chi connectivity index (χ1n) is 4.89. The number of carboxylic acid groups (broad SMARTS) is 1. The quantitative estimate of drug-likeness (QED) is 0.813. The summed E-state index contributed by atoms with van der Waals surface area (Å²) in [4.78, 5) is 10.9. The van der Waals surface area contributed by atoms with Crippen LogP contribution in [-0.4, -0.2) is 16.2 Å². The van der Waals surface area contributed by atoms with Crippen LogP contribution in [0.2, 0.25) is 0 Å². The number of nitrogens with zero attached hydrogens (tertiary/aromatic N) is 1. The van der Waals surface area contributed by atoms with Gasteiger partial charge < -0.3 is 9.63 Å². The zero-order chi connectivity index (χ0) is 10.4. The number of aromatic carboxylic acids is 1. The lowest BCUT2D eigenvalue weighted by molar-refractivity contribution is 0.0697. The number of hydrogen-bond donors (Lipinski definition) is 1. The largest absolute Gasteiger partial charge is 0.478 e. The molecule has 1 aliphatic carbocycles. The summed E-state index contributed by atoms with van der Waals surface area (Å²) in [5.74, 6) is -0.505. The molecule has 4 heteroatoms. The predicted molar refractivity (Wildman–Crippen MR) is 52.9 cm³/mol. The molecule has 76 valence electrons. The van der Waals surface area contributed by atoms with E-state index in [1.807, 2.05) is 6.07 Å². The second-order valence-electron chi connectivity index (χ2n) is 3.83. The van der Waals surface area contributed by atoms with Crippen molar-refractivity contribution in [1.82, 2.24) is 5.16 Å². The molecular weight excluding hydrogens is 194 g/mol. The smallest absolute Gasteiger partial charge is 0.339 e. The van der Waals surface area contributed by atoms with Crippen molar-refractivity contribution in [2.24, 2.45) is 0 Å². The number of para-hydroxylation sites is 1. The number of carbonyl (C=O) groups is 1. The van der Waals surface area contributed by atoms with Crippen LogP contribution in [-0.2, 0) is 0 Å². The van der Waals surface area contributed by atoms with Crippen molar-refractivity contribution in [3.05, 3.63) is 29.5 Å². The Morgan fingerprint density at radius 1 is 1.47 bits per heavy atom. The molecule has 0 amide bonds. The van der Waals surface area contributed by atoms with Gasteiger partial charge in [0.15, 0.2) is 5.58 Å². The van der Waals surface area contributed by atoms with Gasteiger partial charge in [0.25, 0.3) is 0 Å². The van der Waals surface area contributed by atoms with E-state index >= 15 is 0 Å². The van der Waals surface area contributed by atoms with Crippen molar-refractivity contribution in [3.8, 4) is 0 Å². The Morgan fingerprint density at radius 3 is 2.93 bits per heavy atom. The highest BCUT2D eigenvalue weighted by atomic mass is 16.5. The normalized spacial score (nSPS) is 15.7. The fraction of sp³-hybridized carbons (Fsp3) is 0.273. The van der Waals surface area contributed by atoms with E-state index in [1.165, 1.54) is 6.07 Å². The monoisotopic (exact) mass is 203 g/mol. The molecule has 2 aromatic rings. The summed E-state index contributed by atoms with van der Waals surface area (Å²) in [5, 5.41) is 13.8. The first-order chi connectivity index (χ1) is 7.27. The number of aromatic nitrogens is 1. The van der Waals surface area contributed by atoms with Gasteiger partial charge in [-0.2, -0.15) is 0 Å². The van der Waals surface area contributed by atoms with Crippen LogP contribution >= 0.6 is 0 Å². The maximum atomic E-state index is 10.9. The first-order valence-corrected chi connectivity index (χ1v) is 4.89. The predicted octanol–water partition coefficient (Wildman–Crippen LogP) is 2.40. The van der Waals surface area contributed by atoms with Gasteiger partial charge >= 0.3 is 5.97 Å². The van der Waals surface area contributed by atoms with Gasteiger partial charge in [0.2, 0.25) is 0 Å². The average Bonchev–Trinajstić information content (AvgIpc) is 2.97. The standard InChI is InChI=1S/C11H9NO3/c13-11(14)8-3-1-2-7-9(6-4-5-6)12-15-10(7)8/h1-3,6H,4-5H2,(H,13,14). The van der Waals surface area contributed by atoms with Crippen molar-refractivity contribution in [3.63, 3.8) is 0 Å². The summed E-state index contributed by atoms with van der Waals surface area (Å²) in [6.07, 6.45) is 2.25. The van der Waals surface area contributed by atoms with Crippen molar-refractivity contribution in [1.29, 1.82) is 0 Å². The van der Waals surface area contributed by atoms with Gasteiger partial charge in [-0.1, -0.05) is 11.2 Å². The van der Waals surface area contributed by atoms with E-state index < -0.39 is 5.97 Å².